The summed E-state index contributed by atoms with van der Waals surface area (Å²) >= 11 is 2.47. The molecule has 3 N–H and O–H groups in total. The van der Waals surface area contributed by atoms with Crippen LogP contribution in [0, 0.1) is 6.92 Å². The van der Waals surface area contributed by atoms with E-state index in [4.69, 9.17) is 10.5 Å². The van der Waals surface area contributed by atoms with Gasteiger partial charge < -0.3 is 10.5 Å². The third-order valence-corrected chi connectivity index (χ3v) is 4.78. The highest BCUT2D eigenvalue weighted by atomic mass is 32.1. The Morgan fingerprint density at radius 1 is 1.43 bits per heavy atom. The Morgan fingerprint density at radius 2 is 2.24 bits per heavy atom. The van der Waals surface area contributed by atoms with Gasteiger partial charge in [0.25, 0.3) is 5.91 Å². The molecule has 6 nitrogen and oxygen atoms in total. The maximum absolute atomic E-state index is 12.3. The number of hydrogen-bond donors (Lipinski definition) is 2. The number of anilines is 2. The van der Waals surface area contributed by atoms with Crippen molar-refractivity contribution >= 4 is 49.7 Å². The molecule has 1 amide bonds. The highest BCUT2D eigenvalue weighted by molar-refractivity contribution is 7.21. The summed E-state index contributed by atoms with van der Waals surface area (Å²) in [5.74, 6) is 1.09. The van der Waals surface area contributed by atoms with Crippen LogP contribution < -0.4 is 15.8 Å². The molecule has 0 atom stereocenters. The highest BCUT2D eigenvalue weighted by Crippen LogP contribution is 2.36. The van der Waals surface area contributed by atoms with E-state index in [1.54, 1.807) is 14.0 Å². The van der Waals surface area contributed by atoms with Crippen molar-refractivity contribution in [2.75, 3.05) is 18.2 Å². The molecule has 2 heterocycles. The second kappa shape index (κ2) is 5.30. The lowest BCUT2D eigenvalue weighted by Gasteiger charge is -1.99. The van der Waals surface area contributed by atoms with Gasteiger partial charge in [0.1, 0.15) is 16.5 Å². The SMILES string of the molecule is COc1ccc2c(N)c(C(=O)Nc3nc(C)ns3)sc2c1. The quantitative estimate of drug-likeness (QED) is 0.774. The number of benzene rings is 1. The summed E-state index contributed by atoms with van der Waals surface area (Å²) in [6.07, 6.45) is 0. The summed E-state index contributed by atoms with van der Waals surface area (Å²) in [6.45, 7) is 1.77. The summed E-state index contributed by atoms with van der Waals surface area (Å²) in [6, 6.07) is 5.54. The maximum atomic E-state index is 12.3. The van der Waals surface area contributed by atoms with Crippen molar-refractivity contribution in [3.8, 4) is 5.75 Å². The number of thiophene rings is 1. The number of carbonyl (C=O) groups excluding carboxylic acids is 1. The van der Waals surface area contributed by atoms with E-state index in [-0.39, 0.29) is 5.91 Å². The Bertz CT molecular complexity index is 825. The number of nitrogen functional groups attached to an aromatic ring is 1. The summed E-state index contributed by atoms with van der Waals surface area (Å²) in [5.41, 5.74) is 6.54. The van der Waals surface area contributed by atoms with Crippen LogP contribution in [-0.2, 0) is 0 Å². The molecule has 3 rings (SSSR count). The van der Waals surface area contributed by atoms with E-state index in [1.807, 2.05) is 18.2 Å². The normalized spacial score (nSPS) is 10.8. The van der Waals surface area contributed by atoms with Gasteiger partial charge in [-0.25, -0.2) is 4.98 Å². The first kappa shape index (κ1) is 13.8. The van der Waals surface area contributed by atoms with Gasteiger partial charge in [-0.3, -0.25) is 10.1 Å². The van der Waals surface area contributed by atoms with Crippen molar-refractivity contribution in [1.82, 2.24) is 9.36 Å². The molecule has 0 saturated heterocycles. The van der Waals surface area contributed by atoms with Gasteiger partial charge in [0.2, 0.25) is 5.13 Å². The van der Waals surface area contributed by atoms with E-state index in [9.17, 15) is 4.79 Å². The molecule has 8 heteroatoms. The summed E-state index contributed by atoms with van der Waals surface area (Å²) in [4.78, 5) is 16.9. The number of nitrogens with one attached hydrogen (secondary N) is 1. The zero-order chi connectivity index (χ0) is 15.0. The van der Waals surface area contributed by atoms with Crippen LogP contribution in [0.25, 0.3) is 10.1 Å². The zero-order valence-corrected chi connectivity index (χ0v) is 13.0. The van der Waals surface area contributed by atoms with Crippen molar-refractivity contribution in [2.24, 2.45) is 0 Å². The van der Waals surface area contributed by atoms with Gasteiger partial charge in [-0.1, -0.05) is 0 Å². The Balaban J connectivity index is 1.96. The van der Waals surface area contributed by atoms with Crippen molar-refractivity contribution < 1.29 is 9.53 Å². The second-order valence-electron chi connectivity index (χ2n) is 4.31. The van der Waals surface area contributed by atoms with Gasteiger partial charge in [0.05, 0.1) is 12.8 Å². The predicted molar refractivity (Wildman–Crippen MR) is 85.4 cm³/mol. The number of amides is 1. The van der Waals surface area contributed by atoms with Gasteiger partial charge in [-0.15, -0.1) is 11.3 Å². The van der Waals surface area contributed by atoms with Crippen LogP contribution in [0.5, 0.6) is 5.75 Å². The van der Waals surface area contributed by atoms with Crippen LogP contribution in [0.1, 0.15) is 15.5 Å². The summed E-state index contributed by atoms with van der Waals surface area (Å²) < 4.78 is 10.1. The standard InChI is InChI=1S/C13H12N4O2S2/c1-6-15-13(21-17-6)16-12(18)11-10(14)8-4-3-7(19-2)5-9(8)20-11/h3-5H,14H2,1-2H3,(H,15,16,17,18). The van der Waals surface area contributed by atoms with E-state index in [2.05, 4.69) is 14.7 Å². The summed E-state index contributed by atoms with van der Waals surface area (Å²) in [5, 5.41) is 4.03. The minimum atomic E-state index is -0.274. The van der Waals surface area contributed by atoms with E-state index in [0.717, 1.165) is 27.4 Å². The Kier molecular flexibility index (Phi) is 3.48. The van der Waals surface area contributed by atoms with E-state index in [0.29, 0.717) is 21.5 Å². The van der Waals surface area contributed by atoms with Crippen LogP contribution in [-0.4, -0.2) is 22.4 Å². The molecular formula is C13H12N4O2S2. The lowest BCUT2D eigenvalue weighted by Crippen LogP contribution is -2.11. The average molecular weight is 320 g/mol. The van der Waals surface area contributed by atoms with E-state index < -0.39 is 0 Å². The number of carbonyl (C=O) groups is 1. The molecule has 3 aromatic rings. The number of rotatable bonds is 3. The molecule has 0 saturated carbocycles. The first-order chi connectivity index (χ1) is 10.1. The van der Waals surface area contributed by atoms with E-state index in [1.165, 1.54) is 11.3 Å². The minimum Gasteiger partial charge on any atom is -0.497 e. The number of nitrogens with two attached hydrogens (primary N) is 1. The molecular weight excluding hydrogens is 308 g/mol. The highest BCUT2D eigenvalue weighted by Gasteiger charge is 2.18. The number of methoxy groups -OCH3 is 1. The van der Waals surface area contributed by atoms with Crippen molar-refractivity contribution in [3.05, 3.63) is 28.9 Å². The Hall–Kier alpha value is -2.19. The topological polar surface area (TPSA) is 90.1 Å². The van der Waals surface area contributed by atoms with Crippen LogP contribution >= 0.6 is 22.9 Å². The maximum Gasteiger partial charge on any atom is 0.269 e. The molecule has 0 unspecified atom stereocenters. The molecule has 0 aliphatic heterocycles. The van der Waals surface area contributed by atoms with Crippen molar-refractivity contribution in [3.63, 3.8) is 0 Å². The smallest absolute Gasteiger partial charge is 0.269 e. The first-order valence-corrected chi connectivity index (χ1v) is 7.65. The van der Waals surface area contributed by atoms with Crippen LogP contribution in [0.15, 0.2) is 18.2 Å². The molecule has 0 fully saturated rings. The zero-order valence-electron chi connectivity index (χ0n) is 11.3. The van der Waals surface area contributed by atoms with Crippen LogP contribution in [0.4, 0.5) is 10.8 Å². The number of hydrogen-bond acceptors (Lipinski definition) is 7. The second-order valence-corrected chi connectivity index (χ2v) is 6.11. The Labute approximate surface area is 128 Å². The molecule has 0 aliphatic carbocycles. The van der Waals surface area contributed by atoms with Gasteiger partial charge in [-0.2, -0.15) is 4.37 Å². The third-order valence-electron chi connectivity index (χ3n) is 2.89. The lowest BCUT2D eigenvalue weighted by atomic mass is 10.2. The van der Waals surface area contributed by atoms with Gasteiger partial charge >= 0.3 is 0 Å². The molecule has 0 radical (unpaired) electrons. The third kappa shape index (κ3) is 2.55. The molecule has 0 spiro atoms. The molecule has 0 aliphatic rings. The molecule has 0 bridgehead atoms. The number of aromatic nitrogens is 2. The van der Waals surface area contributed by atoms with E-state index >= 15 is 0 Å². The minimum absolute atomic E-state index is 0.274. The first-order valence-electron chi connectivity index (χ1n) is 6.06. The van der Waals surface area contributed by atoms with Gasteiger partial charge in [-0.05, 0) is 25.1 Å². The largest absolute Gasteiger partial charge is 0.497 e. The van der Waals surface area contributed by atoms with Crippen molar-refractivity contribution in [1.29, 1.82) is 0 Å². The number of fused-ring (bicyclic) bond motifs is 1. The molecule has 108 valence electrons. The predicted octanol–water partition coefficient (Wildman–Crippen LogP) is 2.90. The number of nitrogens with zero attached hydrogens (tertiary/aromatic N) is 2. The fourth-order valence-electron chi connectivity index (χ4n) is 1.89. The van der Waals surface area contributed by atoms with Crippen LogP contribution in [0.2, 0.25) is 0 Å². The molecule has 21 heavy (non-hydrogen) atoms. The Morgan fingerprint density at radius 3 is 2.90 bits per heavy atom. The molecule has 1 aromatic carbocycles. The van der Waals surface area contributed by atoms with Crippen LogP contribution in [0.3, 0.4) is 0 Å². The van der Waals surface area contributed by atoms with Gasteiger partial charge in [0.15, 0.2) is 0 Å². The average Bonchev–Trinajstić information content (AvgIpc) is 3.02. The fourth-order valence-corrected chi connectivity index (χ4v) is 3.51. The monoisotopic (exact) mass is 320 g/mol. The number of aryl methyl sites for hydroxylation is 1. The lowest BCUT2D eigenvalue weighted by molar-refractivity contribution is 0.103. The fraction of sp³-hybridized carbons (Fsp3) is 0.154. The molecule has 2 aromatic heterocycles. The summed E-state index contributed by atoms with van der Waals surface area (Å²) in [7, 11) is 1.60. The van der Waals surface area contributed by atoms with Crippen molar-refractivity contribution in [2.45, 2.75) is 6.92 Å². The number of ether oxygens (including phenoxy) is 1. The van der Waals surface area contributed by atoms with Gasteiger partial charge in [0, 0.05) is 21.6 Å².